The number of alkyl halides is 1. The smallest absolute Gasteiger partial charge is 0.177 e. The van der Waals surface area contributed by atoms with E-state index in [1.807, 2.05) is 26.0 Å². The summed E-state index contributed by atoms with van der Waals surface area (Å²) in [5.41, 5.74) is 2.74. The Hall–Kier alpha value is -0.830. The Bertz CT molecular complexity index is 359. The van der Waals surface area contributed by atoms with E-state index in [2.05, 4.69) is 15.9 Å². The summed E-state index contributed by atoms with van der Waals surface area (Å²) >= 11 is 3.16. The molecule has 0 heterocycles. The van der Waals surface area contributed by atoms with E-state index in [0.717, 1.165) is 11.1 Å². The van der Waals surface area contributed by atoms with Crippen LogP contribution >= 0.6 is 15.9 Å². The number of benzene rings is 1. The molecule has 2 nitrogen and oxygen atoms in total. The van der Waals surface area contributed by atoms with Crippen molar-refractivity contribution in [1.82, 2.24) is 0 Å². The molecule has 0 spiro atoms. The summed E-state index contributed by atoms with van der Waals surface area (Å²) in [6, 6.07) is 3.86. The van der Waals surface area contributed by atoms with Crippen LogP contribution in [-0.4, -0.2) is 18.2 Å². The highest BCUT2D eigenvalue weighted by atomic mass is 79.9. The van der Waals surface area contributed by atoms with E-state index >= 15 is 0 Å². The van der Waals surface area contributed by atoms with Crippen molar-refractivity contribution in [3.8, 4) is 5.75 Å². The Balaban J connectivity index is 3.32. The fraction of sp³-hybridized carbons (Fsp3) is 0.364. The summed E-state index contributed by atoms with van der Waals surface area (Å²) in [5.74, 6) is 0.714. The Morgan fingerprint density at radius 2 is 2.07 bits per heavy atom. The Morgan fingerprint density at radius 1 is 1.43 bits per heavy atom. The average molecular weight is 257 g/mol. The number of carbonyl (C=O) groups excluding carboxylic acids is 1. The Morgan fingerprint density at radius 3 is 2.57 bits per heavy atom. The lowest BCUT2D eigenvalue weighted by molar-refractivity contribution is 0.102. The number of ether oxygens (including phenoxy) is 1. The molecule has 0 amide bonds. The van der Waals surface area contributed by atoms with Gasteiger partial charge in [-0.2, -0.15) is 0 Å². The van der Waals surface area contributed by atoms with Crippen LogP contribution in [0, 0.1) is 13.8 Å². The van der Waals surface area contributed by atoms with Gasteiger partial charge in [0.15, 0.2) is 5.78 Å². The zero-order chi connectivity index (χ0) is 10.7. The first kappa shape index (κ1) is 11.2. The van der Waals surface area contributed by atoms with E-state index in [-0.39, 0.29) is 5.78 Å². The summed E-state index contributed by atoms with van der Waals surface area (Å²) in [6.07, 6.45) is 0. The largest absolute Gasteiger partial charge is 0.496 e. The number of ketones is 1. The fourth-order valence-electron chi connectivity index (χ4n) is 1.51. The van der Waals surface area contributed by atoms with Crippen molar-refractivity contribution < 1.29 is 9.53 Å². The second kappa shape index (κ2) is 4.60. The second-order valence-electron chi connectivity index (χ2n) is 3.22. The molecule has 0 unspecified atom stereocenters. The molecule has 1 aromatic carbocycles. The van der Waals surface area contributed by atoms with Crippen LogP contribution in [0.4, 0.5) is 0 Å². The SMILES string of the molecule is COc1cc(C)cc(C)c1C(=O)CBr. The number of Topliss-reactive ketones (excluding diaryl/α,β-unsaturated/α-hetero) is 1. The van der Waals surface area contributed by atoms with E-state index in [9.17, 15) is 4.79 Å². The molecule has 14 heavy (non-hydrogen) atoms. The molecule has 0 fully saturated rings. The monoisotopic (exact) mass is 256 g/mol. The van der Waals surface area contributed by atoms with Crippen LogP contribution in [0.1, 0.15) is 21.5 Å². The van der Waals surface area contributed by atoms with Gasteiger partial charge in [-0.05, 0) is 31.0 Å². The third-order valence-corrected chi connectivity index (χ3v) is 2.57. The topological polar surface area (TPSA) is 26.3 Å². The number of halogens is 1. The van der Waals surface area contributed by atoms with Crippen LogP contribution in [0.2, 0.25) is 0 Å². The molecule has 0 aromatic heterocycles. The van der Waals surface area contributed by atoms with Gasteiger partial charge in [-0.3, -0.25) is 4.79 Å². The summed E-state index contributed by atoms with van der Waals surface area (Å²) < 4.78 is 5.19. The van der Waals surface area contributed by atoms with Gasteiger partial charge >= 0.3 is 0 Å². The zero-order valence-corrected chi connectivity index (χ0v) is 10.1. The Kier molecular flexibility index (Phi) is 3.69. The van der Waals surface area contributed by atoms with Gasteiger partial charge in [-0.25, -0.2) is 0 Å². The van der Waals surface area contributed by atoms with Crippen molar-refractivity contribution in [3.63, 3.8) is 0 Å². The molecule has 0 bridgehead atoms. The first-order valence-corrected chi connectivity index (χ1v) is 5.46. The third-order valence-electron chi connectivity index (χ3n) is 2.06. The number of aryl methyl sites for hydroxylation is 2. The van der Waals surface area contributed by atoms with Gasteiger partial charge < -0.3 is 4.74 Å². The van der Waals surface area contributed by atoms with Crippen molar-refractivity contribution in [2.45, 2.75) is 13.8 Å². The number of carbonyl (C=O) groups is 1. The summed E-state index contributed by atoms with van der Waals surface area (Å²) in [5, 5.41) is 0.327. The maximum atomic E-state index is 11.6. The van der Waals surface area contributed by atoms with Gasteiger partial charge in [-0.15, -0.1) is 0 Å². The standard InChI is InChI=1S/C11H13BrO2/c1-7-4-8(2)11(9(13)6-12)10(5-7)14-3/h4-5H,6H2,1-3H3. The number of hydrogen-bond acceptors (Lipinski definition) is 2. The van der Waals surface area contributed by atoms with E-state index in [0.29, 0.717) is 16.6 Å². The molecular weight excluding hydrogens is 244 g/mol. The number of hydrogen-bond donors (Lipinski definition) is 0. The number of rotatable bonds is 3. The first-order valence-electron chi connectivity index (χ1n) is 4.34. The summed E-state index contributed by atoms with van der Waals surface area (Å²) in [4.78, 5) is 11.6. The molecule has 0 atom stereocenters. The molecule has 1 aromatic rings. The van der Waals surface area contributed by atoms with E-state index in [1.54, 1.807) is 7.11 Å². The molecule has 0 saturated carbocycles. The molecule has 0 aliphatic carbocycles. The molecular formula is C11H13BrO2. The van der Waals surface area contributed by atoms with Crippen molar-refractivity contribution in [3.05, 3.63) is 28.8 Å². The van der Waals surface area contributed by atoms with Crippen molar-refractivity contribution in [1.29, 1.82) is 0 Å². The quantitative estimate of drug-likeness (QED) is 0.614. The lowest BCUT2D eigenvalue weighted by Crippen LogP contribution is -2.06. The van der Waals surface area contributed by atoms with Gasteiger partial charge in [0.1, 0.15) is 5.75 Å². The highest BCUT2D eigenvalue weighted by Gasteiger charge is 2.14. The van der Waals surface area contributed by atoms with E-state index in [1.165, 1.54) is 0 Å². The third kappa shape index (κ3) is 2.15. The lowest BCUT2D eigenvalue weighted by atomic mass is 10.0. The molecule has 76 valence electrons. The van der Waals surface area contributed by atoms with Gasteiger partial charge in [0, 0.05) is 0 Å². The van der Waals surface area contributed by atoms with Crippen LogP contribution in [0.15, 0.2) is 12.1 Å². The highest BCUT2D eigenvalue weighted by molar-refractivity contribution is 9.09. The molecule has 3 heteroatoms. The molecule has 0 aliphatic rings. The van der Waals surface area contributed by atoms with E-state index < -0.39 is 0 Å². The molecule has 0 N–H and O–H groups in total. The van der Waals surface area contributed by atoms with Gasteiger partial charge in [0.2, 0.25) is 0 Å². The van der Waals surface area contributed by atoms with Gasteiger partial charge in [0.05, 0.1) is 18.0 Å². The minimum Gasteiger partial charge on any atom is -0.496 e. The van der Waals surface area contributed by atoms with Crippen molar-refractivity contribution in [2.75, 3.05) is 12.4 Å². The predicted octanol–water partition coefficient (Wildman–Crippen LogP) is 2.89. The Labute approximate surface area is 92.4 Å². The number of methoxy groups -OCH3 is 1. The molecule has 0 saturated heterocycles. The van der Waals surface area contributed by atoms with Crippen LogP contribution in [0.3, 0.4) is 0 Å². The van der Waals surface area contributed by atoms with Crippen LogP contribution in [0.25, 0.3) is 0 Å². The fourth-order valence-corrected chi connectivity index (χ4v) is 1.79. The second-order valence-corrected chi connectivity index (χ2v) is 3.78. The van der Waals surface area contributed by atoms with E-state index in [4.69, 9.17) is 4.74 Å². The summed E-state index contributed by atoms with van der Waals surface area (Å²) in [7, 11) is 1.58. The average Bonchev–Trinajstić information content (AvgIpc) is 2.15. The van der Waals surface area contributed by atoms with Crippen molar-refractivity contribution in [2.24, 2.45) is 0 Å². The van der Waals surface area contributed by atoms with Crippen LogP contribution in [-0.2, 0) is 0 Å². The van der Waals surface area contributed by atoms with Gasteiger partial charge in [-0.1, -0.05) is 22.0 Å². The molecule has 1 rings (SSSR count). The van der Waals surface area contributed by atoms with Crippen LogP contribution < -0.4 is 4.74 Å². The highest BCUT2D eigenvalue weighted by Crippen LogP contribution is 2.24. The normalized spacial score (nSPS) is 10.0. The molecule has 0 aliphatic heterocycles. The lowest BCUT2D eigenvalue weighted by Gasteiger charge is -2.10. The van der Waals surface area contributed by atoms with Crippen LogP contribution in [0.5, 0.6) is 5.75 Å². The first-order chi connectivity index (χ1) is 6.60. The molecule has 0 radical (unpaired) electrons. The summed E-state index contributed by atoms with van der Waals surface area (Å²) in [6.45, 7) is 3.91. The minimum atomic E-state index is 0.0550. The van der Waals surface area contributed by atoms with Crippen molar-refractivity contribution >= 4 is 21.7 Å². The zero-order valence-electron chi connectivity index (χ0n) is 8.56. The minimum absolute atomic E-state index is 0.0550. The predicted molar refractivity (Wildman–Crippen MR) is 60.6 cm³/mol. The maximum Gasteiger partial charge on any atom is 0.177 e. The maximum absolute atomic E-state index is 11.6. The van der Waals surface area contributed by atoms with Gasteiger partial charge in [0.25, 0.3) is 0 Å².